The molecule has 0 aliphatic heterocycles. The van der Waals surface area contributed by atoms with E-state index >= 15 is 0 Å². The molecule has 0 fully saturated rings. The fourth-order valence-electron chi connectivity index (χ4n) is 1.58. The summed E-state index contributed by atoms with van der Waals surface area (Å²) in [7, 11) is 0. The largest absolute Gasteiger partial charge is 0.192 e. The number of halogens is 1. The van der Waals surface area contributed by atoms with E-state index in [9.17, 15) is 0 Å². The molecule has 2 heteroatoms. The minimum absolute atomic E-state index is 0.719. The summed E-state index contributed by atoms with van der Waals surface area (Å²) in [5.41, 5.74) is 1.83. The summed E-state index contributed by atoms with van der Waals surface area (Å²) in [5, 5.41) is 12.0. The van der Waals surface area contributed by atoms with Crippen LogP contribution >= 0.6 is 15.9 Å². The second-order valence-electron chi connectivity index (χ2n) is 3.06. The van der Waals surface area contributed by atoms with Crippen LogP contribution in [-0.4, -0.2) is 0 Å². The molecule has 2 aromatic rings. The Hall–Kier alpha value is -1.33. The first-order valence-corrected chi connectivity index (χ1v) is 5.45. The van der Waals surface area contributed by atoms with Gasteiger partial charge in [-0.05, 0) is 22.4 Å². The molecule has 0 bridgehead atoms. The van der Waals surface area contributed by atoms with Crippen molar-refractivity contribution in [3.05, 3.63) is 47.5 Å². The molecule has 0 heterocycles. The van der Waals surface area contributed by atoms with E-state index in [1.165, 1.54) is 5.39 Å². The second kappa shape index (κ2) is 3.81. The van der Waals surface area contributed by atoms with E-state index in [4.69, 9.17) is 5.26 Å². The highest BCUT2D eigenvalue weighted by molar-refractivity contribution is 9.08. The van der Waals surface area contributed by atoms with Crippen LogP contribution in [-0.2, 0) is 5.33 Å². The Labute approximate surface area is 91.1 Å². The maximum atomic E-state index is 8.94. The first kappa shape index (κ1) is 9.23. The lowest BCUT2D eigenvalue weighted by Crippen LogP contribution is -1.87. The summed E-state index contributed by atoms with van der Waals surface area (Å²) < 4.78 is 0. The Morgan fingerprint density at radius 3 is 2.64 bits per heavy atom. The Morgan fingerprint density at radius 2 is 1.93 bits per heavy atom. The number of hydrogen-bond donors (Lipinski definition) is 0. The molecule has 0 aromatic heterocycles. The number of hydrogen-bond acceptors (Lipinski definition) is 1. The summed E-state index contributed by atoms with van der Waals surface area (Å²) >= 11 is 3.42. The van der Waals surface area contributed by atoms with E-state index in [0.29, 0.717) is 0 Å². The summed E-state index contributed by atoms with van der Waals surface area (Å²) in [4.78, 5) is 0. The molecule has 0 aliphatic carbocycles. The van der Waals surface area contributed by atoms with E-state index in [1.807, 2.05) is 30.3 Å². The van der Waals surface area contributed by atoms with E-state index in [2.05, 4.69) is 28.1 Å². The maximum Gasteiger partial charge on any atom is 0.0995 e. The highest BCUT2D eigenvalue weighted by Gasteiger charge is 2.04. The molecule has 0 atom stereocenters. The minimum Gasteiger partial charge on any atom is -0.192 e. The van der Waals surface area contributed by atoms with Gasteiger partial charge >= 0.3 is 0 Å². The number of alkyl halides is 1. The van der Waals surface area contributed by atoms with Crippen molar-refractivity contribution in [2.75, 3.05) is 0 Å². The van der Waals surface area contributed by atoms with Crippen LogP contribution < -0.4 is 0 Å². The standard InChI is InChI=1S/C12H8BrN/c13-7-12-10(8-14)6-5-9-3-1-2-4-11(9)12/h1-6H,7H2. The monoisotopic (exact) mass is 245 g/mol. The Morgan fingerprint density at radius 1 is 1.14 bits per heavy atom. The predicted octanol–water partition coefficient (Wildman–Crippen LogP) is 3.61. The van der Waals surface area contributed by atoms with Gasteiger partial charge in [0, 0.05) is 5.33 Å². The normalized spacial score (nSPS) is 10.0. The van der Waals surface area contributed by atoms with Crippen LogP contribution in [0.25, 0.3) is 10.8 Å². The zero-order valence-corrected chi connectivity index (χ0v) is 9.08. The van der Waals surface area contributed by atoms with Gasteiger partial charge < -0.3 is 0 Å². The van der Waals surface area contributed by atoms with Gasteiger partial charge in [-0.2, -0.15) is 5.26 Å². The fraction of sp³-hybridized carbons (Fsp3) is 0.0833. The molecule has 68 valence electrons. The van der Waals surface area contributed by atoms with Gasteiger partial charge in [0.15, 0.2) is 0 Å². The number of benzene rings is 2. The number of nitriles is 1. The molecule has 0 saturated heterocycles. The van der Waals surface area contributed by atoms with Gasteiger partial charge in [0.2, 0.25) is 0 Å². The number of nitrogens with zero attached hydrogens (tertiary/aromatic N) is 1. The molecule has 0 radical (unpaired) electrons. The van der Waals surface area contributed by atoms with Crippen LogP contribution in [0.3, 0.4) is 0 Å². The van der Waals surface area contributed by atoms with Crippen molar-refractivity contribution in [3.63, 3.8) is 0 Å². The fourth-order valence-corrected chi connectivity index (χ4v) is 2.19. The predicted molar refractivity (Wildman–Crippen MR) is 61.3 cm³/mol. The van der Waals surface area contributed by atoms with Crippen LogP contribution in [0, 0.1) is 11.3 Å². The van der Waals surface area contributed by atoms with Crippen LogP contribution in [0.5, 0.6) is 0 Å². The van der Waals surface area contributed by atoms with Gasteiger partial charge in [0.1, 0.15) is 0 Å². The van der Waals surface area contributed by atoms with Crippen molar-refractivity contribution in [1.29, 1.82) is 5.26 Å². The van der Waals surface area contributed by atoms with Crippen LogP contribution in [0.2, 0.25) is 0 Å². The topological polar surface area (TPSA) is 23.8 Å². The zero-order chi connectivity index (χ0) is 9.97. The molecule has 2 rings (SSSR count). The Balaban J connectivity index is 2.85. The molecule has 0 amide bonds. The quantitative estimate of drug-likeness (QED) is 0.705. The smallest absolute Gasteiger partial charge is 0.0995 e. The third kappa shape index (κ3) is 1.40. The van der Waals surface area contributed by atoms with Gasteiger partial charge in [-0.3, -0.25) is 0 Å². The highest BCUT2D eigenvalue weighted by atomic mass is 79.9. The van der Waals surface area contributed by atoms with Gasteiger partial charge in [0.05, 0.1) is 11.6 Å². The van der Waals surface area contributed by atoms with Gasteiger partial charge in [-0.1, -0.05) is 46.3 Å². The first-order valence-electron chi connectivity index (χ1n) is 4.33. The van der Waals surface area contributed by atoms with Crippen molar-refractivity contribution >= 4 is 26.7 Å². The summed E-state index contributed by atoms with van der Waals surface area (Å²) in [6, 6.07) is 14.2. The zero-order valence-electron chi connectivity index (χ0n) is 7.50. The number of rotatable bonds is 1. The molecule has 0 saturated carbocycles. The van der Waals surface area contributed by atoms with Crippen molar-refractivity contribution in [1.82, 2.24) is 0 Å². The molecule has 14 heavy (non-hydrogen) atoms. The van der Waals surface area contributed by atoms with Crippen molar-refractivity contribution in [2.24, 2.45) is 0 Å². The highest BCUT2D eigenvalue weighted by Crippen LogP contribution is 2.23. The lowest BCUT2D eigenvalue weighted by atomic mass is 10.0. The average Bonchev–Trinajstić information content (AvgIpc) is 2.27. The number of fused-ring (bicyclic) bond motifs is 1. The van der Waals surface area contributed by atoms with Crippen molar-refractivity contribution in [2.45, 2.75) is 5.33 Å². The molecule has 0 N–H and O–H groups in total. The van der Waals surface area contributed by atoms with Crippen molar-refractivity contribution in [3.8, 4) is 6.07 Å². The van der Waals surface area contributed by atoms with Crippen LogP contribution in [0.15, 0.2) is 36.4 Å². The Kier molecular flexibility index (Phi) is 2.51. The average molecular weight is 246 g/mol. The van der Waals surface area contributed by atoms with Gasteiger partial charge in [-0.15, -0.1) is 0 Å². The molecule has 0 spiro atoms. The SMILES string of the molecule is N#Cc1ccc2ccccc2c1CBr. The summed E-state index contributed by atoms with van der Waals surface area (Å²) in [6.07, 6.45) is 0. The molecule has 0 aliphatic rings. The summed E-state index contributed by atoms with van der Waals surface area (Å²) in [5.74, 6) is 0. The van der Waals surface area contributed by atoms with Gasteiger partial charge in [0.25, 0.3) is 0 Å². The maximum absolute atomic E-state index is 8.94. The second-order valence-corrected chi connectivity index (χ2v) is 3.62. The Bertz CT molecular complexity index is 511. The van der Waals surface area contributed by atoms with Crippen molar-refractivity contribution < 1.29 is 0 Å². The van der Waals surface area contributed by atoms with E-state index in [1.54, 1.807) is 0 Å². The molecular formula is C12H8BrN. The summed E-state index contributed by atoms with van der Waals surface area (Å²) in [6.45, 7) is 0. The lowest BCUT2D eigenvalue weighted by molar-refractivity contribution is 1.41. The molecule has 1 nitrogen and oxygen atoms in total. The third-order valence-corrected chi connectivity index (χ3v) is 2.86. The molecular weight excluding hydrogens is 238 g/mol. The lowest BCUT2D eigenvalue weighted by Gasteiger charge is -2.04. The van der Waals surface area contributed by atoms with Crippen LogP contribution in [0.1, 0.15) is 11.1 Å². The van der Waals surface area contributed by atoms with E-state index in [0.717, 1.165) is 21.8 Å². The van der Waals surface area contributed by atoms with E-state index in [-0.39, 0.29) is 0 Å². The molecule has 0 unspecified atom stereocenters. The third-order valence-electron chi connectivity index (χ3n) is 2.29. The van der Waals surface area contributed by atoms with Gasteiger partial charge in [-0.25, -0.2) is 0 Å². The minimum atomic E-state index is 0.719. The van der Waals surface area contributed by atoms with Crippen LogP contribution in [0.4, 0.5) is 0 Å². The molecule has 2 aromatic carbocycles. The first-order chi connectivity index (χ1) is 6.86. The van der Waals surface area contributed by atoms with E-state index < -0.39 is 0 Å².